The lowest BCUT2D eigenvalue weighted by Gasteiger charge is -2.32. The van der Waals surface area contributed by atoms with Crippen molar-refractivity contribution in [3.8, 4) is 0 Å². The number of pyridine rings is 1. The molecule has 0 bridgehead atoms. The van der Waals surface area contributed by atoms with Crippen LogP contribution in [0.25, 0.3) is 10.9 Å². The normalized spacial score (nSPS) is 17.3. The SMILES string of the molecule is CCOC(=O)c1cn(C2CC2)c2c(C)c(N3CCSCC3)c(N)cc2c1=O. The molecule has 1 aliphatic heterocycles. The van der Waals surface area contributed by atoms with Gasteiger partial charge in [0.05, 0.1) is 23.5 Å². The smallest absolute Gasteiger partial charge is 0.343 e. The summed E-state index contributed by atoms with van der Waals surface area (Å²) < 4.78 is 7.20. The van der Waals surface area contributed by atoms with Crippen LogP contribution < -0.4 is 16.1 Å². The lowest BCUT2D eigenvalue weighted by atomic mass is 10.0. The maximum atomic E-state index is 13.0. The number of ether oxygens (including phenoxy) is 1. The number of anilines is 2. The molecule has 7 heteroatoms. The van der Waals surface area contributed by atoms with Crippen LogP contribution in [0.15, 0.2) is 17.1 Å². The Balaban J connectivity index is 1.96. The molecule has 2 aromatic rings. The Morgan fingerprint density at radius 1 is 1.33 bits per heavy atom. The maximum Gasteiger partial charge on any atom is 0.343 e. The Kier molecular flexibility index (Phi) is 4.80. The number of thioether (sulfide) groups is 1. The lowest BCUT2D eigenvalue weighted by Crippen LogP contribution is -2.34. The van der Waals surface area contributed by atoms with Gasteiger partial charge in [-0.1, -0.05) is 0 Å². The first-order valence-corrected chi connectivity index (χ1v) is 10.7. The van der Waals surface area contributed by atoms with Crippen molar-refractivity contribution < 1.29 is 9.53 Å². The highest BCUT2D eigenvalue weighted by atomic mass is 32.2. The molecule has 0 amide bonds. The number of esters is 1. The third kappa shape index (κ3) is 3.18. The quantitative estimate of drug-likeness (QED) is 0.642. The number of rotatable bonds is 4. The average molecular weight is 388 g/mol. The summed E-state index contributed by atoms with van der Waals surface area (Å²) in [5.41, 5.74) is 9.76. The Labute approximate surface area is 162 Å². The van der Waals surface area contributed by atoms with E-state index in [1.807, 2.05) is 18.7 Å². The number of aryl methyl sites for hydroxylation is 1. The molecule has 2 N–H and O–H groups in total. The van der Waals surface area contributed by atoms with Crippen molar-refractivity contribution in [2.45, 2.75) is 32.7 Å². The van der Waals surface area contributed by atoms with Crippen LogP contribution in [0.1, 0.15) is 41.7 Å². The molecule has 1 aromatic carbocycles. The molecule has 4 rings (SSSR count). The number of hydrogen-bond acceptors (Lipinski definition) is 6. The van der Waals surface area contributed by atoms with Crippen LogP contribution in [0.3, 0.4) is 0 Å². The molecule has 144 valence electrons. The van der Waals surface area contributed by atoms with Crippen molar-refractivity contribution in [1.29, 1.82) is 0 Å². The summed E-state index contributed by atoms with van der Waals surface area (Å²) in [4.78, 5) is 27.7. The first kappa shape index (κ1) is 18.2. The molecule has 0 spiro atoms. The fourth-order valence-corrected chi connectivity index (χ4v) is 4.84. The van der Waals surface area contributed by atoms with Gasteiger partial charge in [-0.05, 0) is 38.3 Å². The van der Waals surface area contributed by atoms with Crippen LogP contribution in [-0.4, -0.2) is 41.7 Å². The van der Waals surface area contributed by atoms with Gasteiger partial charge in [-0.2, -0.15) is 11.8 Å². The Bertz CT molecular complexity index is 959. The van der Waals surface area contributed by atoms with Gasteiger partial charge in [0.2, 0.25) is 5.43 Å². The lowest BCUT2D eigenvalue weighted by molar-refractivity contribution is 0.0524. The number of benzene rings is 1. The molecule has 0 unspecified atom stereocenters. The molecule has 2 fully saturated rings. The monoisotopic (exact) mass is 387 g/mol. The molecule has 1 aromatic heterocycles. The largest absolute Gasteiger partial charge is 0.462 e. The molecule has 2 heterocycles. The van der Waals surface area contributed by atoms with Gasteiger partial charge >= 0.3 is 5.97 Å². The van der Waals surface area contributed by atoms with E-state index < -0.39 is 5.97 Å². The number of nitrogens with zero attached hydrogens (tertiary/aromatic N) is 2. The van der Waals surface area contributed by atoms with E-state index in [4.69, 9.17) is 10.5 Å². The number of carbonyl (C=O) groups is 1. The third-order valence-electron chi connectivity index (χ3n) is 5.32. The molecular weight excluding hydrogens is 362 g/mol. The van der Waals surface area contributed by atoms with Crippen LogP contribution in [0, 0.1) is 6.92 Å². The van der Waals surface area contributed by atoms with Crippen molar-refractivity contribution in [2.24, 2.45) is 0 Å². The van der Waals surface area contributed by atoms with Crippen LogP contribution in [0.4, 0.5) is 11.4 Å². The fraction of sp³-hybridized carbons (Fsp3) is 0.500. The average Bonchev–Trinajstić information content (AvgIpc) is 3.49. The van der Waals surface area contributed by atoms with Gasteiger partial charge in [-0.15, -0.1) is 0 Å². The zero-order valence-electron chi connectivity index (χ0n) is 15.8. The number of fused-ring (bicyclic) bond motifs is 1. The van der Waals surface area contributed by atoms with E-state index in [2.05, 4.69) is 9.47 Å². The number of aromatic nitrogens is 1. The van der Waals surface area contributed by atoms with E-state index in [0.29, 0.717) is 17.1 Å². The predicted octanol–water partition coefficient (Wildman–Crippen LogP) is 2.96. The Hall–Kier alpha value is -2.15. The fourth-order valence-electron chi connectivity index (χ4n) is 3.94. The third-order valence-corrected chi connectivity index (χ3v) is 6.26. The Morgan fingerprint density at radius 2 is 2.04 bits per heavy atom. The maximum absolute atomic E-state index is 13.0. The summed E-state index contributed by atoms with van der Waals surface area (Å²) in [7, 11) is 0. The molecule has 6 nitrogen and oxygen atoms in total. The highest BCUT2D eigenvalue weighted by Crippen LogP contribution is 2.41. The van der Waals surface area contributed by atoms with Crippen molar-refractivity contribution in [1.82, 2.24) is 4.57 Å². The van der Waals surface area contributed by atoms with Crippen molar-refractivity contribution >= 4 is 40.0 Å². The highest BCUT2D eigenvalue weighted by molar-refractivity contribution is 7.99. The van der Waals surface area contributed by atoms with Gasteiger partial charge in [0.1, 0.15) is 5.56 Å². The minimum Gasteiger partial charge on any atom is -0.462 e. The Morgan fingerprint density at radius 3 is 2.67 bits per heavy atom. The van der Waals surface area contributed by atoms with Crippen molar-refractivity contribution in [3.05, 3.63) is 33.6 Å². The van der Waals surface area contributed by atoms with Crippen molar-refractivity contribution in [2.75, 3.05) is 41.8 Å². The van der Waals surface area contributed by atoms with Gasteiger partial charge < -0.3 is 19.9 Å². The molecule has 0 atom stereocenters. The second kappa shape index (κ2) is 7.11. The van der Waals surface area contributed by atoms with Gasteiger partial charge in [-0.25, -0.2) is 4.79 Å². The minimum absolute atomic E-state index is 0.0946. The number of hydrogen-bond donors (Lipinski definition) is 1. The second-order valence-corrected chi connectivity index (χ2v) is 8.39. The van der Waals surface area contributed by atoms with E-state index in [0.717, 1.165) is 54.2 Å². The second-order valence-electron chi connectivity index (χ2n) is 7.17. The number of nitrogens with two attached hydrogens (primary N) is 1. The van der Waals surface area contributed by atoms with E-state index >= 15 is 0 Å². The van der Waals surface area contributed by atoms with Gasteiger partial charge in [0, 0.05) is 42.2 Å². The first-order valence-electron chi connectivity index (χ1n) is 9.50. The topological polar surface area (TPSA) is 77.6 Å². The van der Waals surface area contributed by atoms with Crippen molar-refractivity contribution in [3.63, 3.8) is 0 Å². The number of carbonyl (C=O) groups excluding carboxylic acids is 1. The summed E-state index contributed by atoms with van der Waals surface area (Å²) in [6.07, 6.45) is 3.80. The molecule has 27 heavy (non-hydrogen) atoms. The molecule has 2 aliphatic rings. The summed E-state index contributed by atoms with van der Waals surface area (Å²) >= 11 is 1.95. The van der Waals surface area contributed by atoms with Gasteiger partial charge in [-0.3, -0.25) is 4.79 Å². The van der Waals surface area contributed by atoms with Gasteiger partial charge in [0.25, 0.3) is 0 Å². The van der Waals surface area contributed by atoms with Crippen LogP contribution in [-0.2, 0) is 4.74 Å². The van der Waals surface area contributed by atoms with Crippen LogP contribution in [0.5, 0.6) is 0 Å². The molecule has 0 radical (unpaired) electrons. The molecule has 1 aliphatic carbocycles. The first-order chi connectivity index (χ1) is 13.0. The summed E-state index contributed by atoms with van der Waals surface area (Å²) in [5.74, 6) is 1.59. The summed E-state index contributed by atoms with van der Waals surface area (Å²) in [5, 5.41) is 0.512. The van der Waals surface area contributed by atoms with Crippen LogP contribution >= 0.6 is 11.8 Å². The van der Waals surface area contributed by atoms with E-state index in [-0.39, 0.29) is 17.6 Å². The highest BCUT2D eigenvalue weighted by Gasteiger charge is 2.29. The summed E-state index contributed by atoms with van der Waals surface area (Å²) in [6.45, 7) is 5.93. The molecule has 1 saturated carbocycles. The zero-order chi connectivity index (χ0) is 19.1. The standard InChI is InChI=1S/C20H25N3O3S/c1-3-26-20(25)15-11-23(13-4-5-13)17-12(2)18(22-6-8-27-9-7-22)16(21)10-14(17)19(15)24/h10-11,13H,3-9,21H2,1-2H3. The zero-order valence-corrected chi connectivity index (χ0v) is 16.6. The molecule has 1 saturated heterocycles. The van der Waals surface area contributed by atoms with Crippen LogP contribution in [0.2, 0.25) is 0 Å². The van der Waals surface area contributed by atoms with E-state index in [1.165, 1.54) is 0 Å². The van der Waals surface area contributed by atoms with E-state index in [9.17, 15) is 9.59 Å². The summed E-state index contributed by atoms with van der Waals surface area (Å²) in [6, 6.07) is 2.08. The van der Waals surface area contributed by atoms with Gasteiger partial charge in [0.15, 0.2) is 0 Å². The number of nitrogen functional groups attached to an aromatic ring is 1. The minimum atomic E-state index is -0.563. The predicted molar refractivity (Wildman–Crippen MR) is 111 cm³/mol. The van der Waals surface area contributed by atoms with E-state index in [1.54, 1.807) is 19.2 Å². The molecular formula is C20H25N3O3S.